The quantitative estimate of drug-likeness (QED) is 0.779. The summed E-state index contributed by atoms with van der Waals surface area (Å²) in [6.07, 6.45) is 0. The van der Waals surface area contributed by atoms with Gasteiger partial charge in [0.05, 0.1) is 6.04 Å². The van der Waals surface area contributed by atoms with Crippen LogP contribution in [0, 0.1) is 11.3 Å². The van der Waals surface area contributed by atoms with Crippen LogP contribution in [0.1, 0.15) is 24.4 Å². The Labute approximate surface area is 116 Å². The minimum absolute atomic E-state index is 0.0242. The van der Waals surface area contributed by atoms with Gasteiger partial charge in [-0.2, -0.15) is 5.26 Å². The molecule has 0 amide bonds. The van der Waals surface area contributed by atoms with Crippen LogP contribution < -0.4 is 5.32 Å². The van der Waals surface area contributed by atoms with Gasteiger partial charge >= 0.3 is 0 Å². The molecule has 2 heterocycles. The molecule has 0 radical (unpaired) electrons. The van der Waals surface area contributed by atoms with Crippen LogP contribution in [0.5, 0.6) is 0 Å². The van der Waals surface area contributed by atoms with Gasteiger partial charge in [-0.3, -0.25) is 0 Å². The fourth-order valence-electron chi connectivity index (χ4n) is 2.09. The minimum Gasteiger partial charge on any atom is -0.459 e. The summed E-state index contributed by atoms with van der Waals surface area (Å²) in [5, 5.41) is 13.2. The summed E-state index contributed by atoms with van der Waals surface area (Å²) in [5.41, 5.74) is 1.27. The summed E-state index contributed by atoms with van der Waals surface area (Å²) in [6.45, 7) is 2.00. The van der Waals surface area contributed by atoms with E-state index in [0.717, 1.165) is 16.7 Å². The van der Waals surface area contributed by atoms with Gasteiger partial charge in [0.2, 0.25) is 0 Å². The Morgan fingerprint density at radius 1 is 1.20 bits per heavy atom. The molecule has 4 heteroatoms. The first-order valence-electron chi connectivity index (χ1n) is 6.38. The van der Waals surface area contributed by atoms with E-state index in [0.29, 0.717) is 11.5 Å². The summed E-state index contributed by atoms with van der Waals surface area (Å²) < 4.78 is 5.80. The molecule has 0 saturated carbocycles. The molecule has 0 unspecified atom stereocenters. The highest BCUT2D eigenvalue weighted by molar-refractivity contribution is 5.77. The number of hydrogen-bond acceptors (Lipinski definition) is 4. The Hall–Kier alpha value is -2.80. The van der Waals surface area contributed by atoms with Crippen molar-refractivity contribution in [3.8, 4) is 6.07 Å². The summed E-state index contributed by atoms with van der Waals surface area (Å²) >= 11 is 0. The van der Waals surface area contributed by atoms with Gasteiger partial charge in [-0.05, 0) is 31.2 Å². The predicted octanol–water partition coefficient (Wildman–Crippen LogP) is 3.87. The third-order valence-corrected chi connectivity index (χ3v) is 3.10. The molecule has 1 aromatic carbocycles. The van der Waals surface area contributed by atoms with Crippen LogP contribution in [0.4, 0.5) is 5.82 Å². The standard InChI is InChI=1S/C16H13N3O/c1-11(18-16-8-4-6-13(10-17)19-16)15-9-12-5-2-3-7-14(12)20-15/h2-9,11H,1H3,(H,18,19)/t11-/m1/s1. The molecule has 0 bridgehead atoms. The lowest BCUT2D eigenvalue weighted by Crippen LogP contribution is -2.07. The lowest BCUT2D eigenvalue weighted by atomic mass is 10.2. The van der Waals surface area contributed by atoms with E-state index >= 15 is 0 Å². The third-order valence-electron chi connectivity index (χ3n) is 3.10. The van der Waals surface area contributed by atoms with Crippen LogP contribution in [-0.2, 0) is 0 Å². The molecule has 2 aromatic heterocycles. The maximum absolute atomic E-state index is 8.85. The van der Waals surface area contributed by atoms with Crippen molar-refractivity contribution in [2.24, 2.45) is 0 Å². The first kappa shape index (κ1) is 12.2. The molecule has 3 rings (SSSR count). The van der Waals surface area contributed by atoms with E-state index in [1.165, 1.54) is 0 Å². The highest BCUT2D eigenvalue weighted by atomic mass is 16.3. The molecule has 0 aliphatic rings. The Kier molecular flexibility index (Phi) is 3.10. The second kappa shape index (κ2) is 5.06. The SMILES string of the molecule is C[C@@H](Nc1cccc(C#N)n1)c1cc2ccccc2o1. The second-order valence-corrected chi connectivity index (χ2v) is 4.57. The van der Waals surface area contributed by atoms with E-state index in [9.17, 15) is 0 Å². The van der Waals surface area contributed by atoms with Crippen LogP contribution in [0.3, 0.4) is 0 Å². The molecule has 4 nitrogen and oxygen atoms in total. The summed E-state index contributed by atoms with van der Waals surface area (Å²) in [7, 11) is 0. The number of pyridine rings is 1. The number of nitrogens with one attached hydrogen (secondary N) is 1. The zero-order valence-corrected chi connectivity index (χ0v) is 11.0. The molecule has 0 fully saturated rings. The number of nitriles is 1. The fourth-order valence-corrected chi connectivity index (χ4v) is 2.09. The topological polar surface area (TPSA) is 61.9 Å². The van der Waals surface area contributed by atoms with Crippen LogP contribution >= 0.6 is 0 Å². The molecule has 1 atom stereocenters. The number of hydrogen-bond donors (Lipinski definition) is 1. The van der Waals surface area contributed by atoms with Crippen molar-refractivity contribution in [1.82, 2.24) is 4.98 Å². The van der Waals surface area contributed by atoms with Crippen LogP contribution in [0.15, 0.2) is 52.9 Å². The van der Waals surface area contributed by atoms with Crippen molar-refractivity contribution in [3.05, 3.63) is 60.0 Å². The molecule has 0 saturated heterocycles. The Morgan fingerprint density at radius 2 is 2.05 bits per heavy atom. The molecule has 98 valence electrons. The van der Waals surface area contributed by atoms with Crippen molar-refractivity contribution >= 4 is 16.8 Å². The lowest BCUT2D eigenvalue weighted by molar-refractivity contribution is 0.525. The number of fused-ring (bicyclic) bond motifs is 1. The zero-order chi connectivity index (χ0) is 13.9. The average molecular weight is 263 g/mol. The van der Waals surface area contributed by atoms with E-state index in [1.807, 2.05) is 49.4 Å². The van der Waals surface area contributed by atoms with Gasteiger partial charge in [-0.25, -0.2) is 4.98 Å². The number of furan rings is 1. The Morgan fingerprint density at radius 3 is 2.85 bits per heavy atom. The normalized spacial score (nSPS) is 12.0. The number of benzene rings is 1. The summed E-state index contributed by atoms with van der Waals surface area (Å²) in [6, 6.07) is 17.2. The third kappa shape index (κ3) is 2.34. The van der Waals surface area contributed by atoms with E-state index < -0.39 is 0 Å². The van der Waals surface area contributed by atoms with Crippen molar-refractivity contribution in [3.63, 3.8) is 0 Å². The second-order valence-electron chi connectivity index (χ2n) is 4.57. The molecule has 1 N–H and O–H groups in total. The summed E-state index contributed by atoms with van der Waals surface area (Å²) in [5.74, 6) is 1.51. The molecule has 20 heavy (non-hydrogen) atoms. The molecule has 3 aromatic rings. The largest absolute Gasteiger partial charge is 0.459 e. The van der Waals surface area contributed by atoms with Gasteiger partial charge in [0.15, 0.2) is 0 Å². The van der Waals surface area contributed by atoms with Crippen molar-refractivity contribution < 1.29 is 4.42 Å². The maximum Gasteiger partial charge on any atom is 0.142 e. The van der Waals surface area contributed by atoms with Gasteiger partial charge in [-0.1, -0.05) is 24.3 Å². The monoisotopic (exact) mass is 263 g/mol. The van der Waals surface area contributed by atoms with Gasteiger partial charge in [-0.15, -0.1) is 0 Å². The lowest BCUT2D eigenvalue weighted by Gasteiger charge is -2.11. The van der Waals surface area contributed by atoms with Crippen LogP contribution in [0.2, 0.25) is 0 Å². The van der Waals surface area contributed by atoms with Crippen molar-refractivity contribution in [2.75, 3.05) is 5.32 Å². The molecule has 0 spiro atoms. The summed E-state index contributed by atoms with van der Waals surface area (Å²) in [4.78, 5) is 4.20. The predicted molar refractivity (Wildman–Crippen MR) is 77.2 cm³/mol. The van der Waals surface area contributed by atoms with Gasteiger partial charge in [0.25, 0.3) is 0 Å². The van der Waals surface area contributed by atoms with Gasteiger partial charge in [0, 0.05) is 5.39 Å². The molecule has 0 aliphatic carbocycles. The number of para-hydroxylation sites is 1. The van der Waals surface area contributed by atoms with E-state index in [4.69, 9.17) is 9.68 Å². The van der Waals surface area contributed by atoms with Gasteiger partial charge < -0.3 is 9.73 Å². The van der Waals surface area contributed by atoms with Crippen LogP contribution in [0.25, 0.3) is 11.0 Å². The fraction of sp³-hybridized carbons (Fsp3) is 0.125. The number of rotatable bonds is 3. The highest BCUT2D eigenvalue weighted by Crippen LogP contribution is 2.25. The number of nitrogens with zero attached hydrogens (tertiary/aromatic N) is 2. The smallest absolute Gasteiger partial charge is 0.142 e. The van der Waals surface area contributed by atoms with E-state index in [2.05, 4.69) is 10.3 Å². The first-order chi connectivity index (χ1) is 9.76. The number of aromatic nitrogens is 1. The van der Waals surface area contributed by atoms with Crippen molar-refractivity contribution in [1.29, 1.82) is 5.26 Å². The minimum atomic E-state index is -0.0242. The maximum atomic E-state index is 8.85. The van der Waals surface area contributed by atoms with E-state index in [1.54, 1.807) is 12.1 Å². The highest BCUT2D eigenvalue weighted by Gasteiger charge is 2.11. The average Bonchev–Trinajstić information content (AvgIpc) is 2.91. The van der Waals surface area contributed by atoms with Crippen LogP contribution in [-0.4, -0.2) is 4.98 Å². The molecular weight excluding hydrogens is 250 g/mol. The Bertz CT molecular complexity index is 753. The van der Waals surface area contributed by atoms with Gasteiger partial charge in [0.1, 0.15) is 28.9 Å². The van der Waals surface area contributed by atoms with E-state index in [-0.39, 0.29) is 6.04 Å². The Balaban J connectivity index is 1.85. The zero-order valence-electron chi connectivity index (χ0n) is 11.0. The first-order valence-corrected chi connectivity index (χ1v) is 6.38. The van der Waals surface area contributed by atoms with Crippen molar-refractivity contribution in [2.45, 2.75) is 13.0 Å². The number of anilines is 1. The molecule has 0 aliphatic heterocycles. The molecular formula is C16H13N3O.